The molecule has 2 aromatic carbocycles. The quantitative estimate of drug-likeness (QED) is 0.433. The molecule has 0 unspecified atom stereocenters. The number of rotatable bonds is 8. The van der Waals surface area contributed by atoms with Crippen LogP contribution >= 0.6 is 0 Å². The summed E-state index contributed by atoms with van der Waals surface area (Å²) in [7, 11) is 0. The summed E-state index contributed by atoms with van der Waals surface area (Å²) in [4.78, 5) is 0. The molecule has 0 bridgehead atoms. The van der Waals surface area contributed by atoms with E-state index in [4.69, 9.17) is 0 Å². The normalized spacial score (nSPS) is 13.4. The summed E-state index contributed by atoms with van der Waals surface area (Å²) in [5.74, 6) is 1.11. The third-order valence-electron chi connectivity index (χ3n) is 6.16. The zero-order chi connectivity index (χ0) is 20.3. The lowest BCUT2D eigenvalue weighted by Crippen LogP contribution is -1.99. The number of hydrogen-bond acceptors (Lipinski definition) is 0. The van der Waals surface area contributed by atoms with Crippen molar-refractivity contribution in [2.75, 3.05) is 0 Å². The van der Waals surface area contributed by atoms with Gasteiger partial charge in [-0.25, -0.2) is 0 Å². The molecule has 150 valence electrons. The summed E-state index contributed by atoms with van der Waals surface area (Å²) in [6.07, 6.45) is 9.85. The van der Waals surface area contributed by atoms with Crippen molar-refractivity contribution in [3.63, 3.8) is 0 Å². The van der Waals surface area contributed by atoms with E-state index in [1.807, 2.05) is 0 Å². The van der Waals surface area contributed by atoms with Crippen LogP contribution in [-0.2, 0) is 12.8 Å². The molecule has 0 heteroatoms. The smallest absolute Gasteiger partial charge is 0.00576 e. The van der Waals surface area contributed by atoms with Gasteiger partial charge in [-0.1, -0.05) is 96.4 Å². The fourth-order valence-electron chi connectivity index (χ4n) is 4.40. The molecule has 0 nitrogen and oxygen atoms in total. The van der Waals surface area contributed by atoms with Crippen molar-refractivity contribution >= 4 is 6.08 Å². The maximum atomic E-state index is 2.52. The van der Waals surface area contributed by atoms with E-state index in [0.29, 0.717) is 11.8 Å². The Labute approximate surface area is 173 Å². The SMILES string of the molecule is CCCCC1=Cc2c(ccc(CCC)c2-c2cc(C(C)C)cc(C(C)C)c2)C1. The van der Waals surface area contributed by atoms with E-state index in [1.165, 1.54) is 64.6 Å². The van der Waals surface area contributed by atoms with Crippen molar-refractivity contribution in [2.24, 2.45) is 0 Å². The Morgan fingerprint density at radius 1 is 0.821 bits per heavy atom. The fourth-order valence-corrected chi connectivity index (χ4v) is 4.40. The first-order chi connectivity index (χ1) is 13.4. The van der Waals surface area contributed by atoms with Gasteiger partial charge in [0.05, 0.1) is 0 Å². The molecule has 0 atom stereocenters. The molecule has 0 aliphatic heterocycles. The third kappa shape index (κ3) is 4.43. The highest BCUT2D eigenvalue weighted by molar-refractivity contribution is 5.83. The minimum absolute atomic E-state index is 0.555. The van der Waals surface area contributed by atoms with Crippen molar-refractivity contribution in [3.8, 4) is 11.1 Å². The first-order valence-electron chi connectivity index (χ1n) is 11.4. The lowest BCUT2D eigenvalue weighted by Gasteiger charge is -2.19. The molecule has 0 spiro atoms. The Hall–Kier alpha value is -1.82. The standard InChI is InChI=1S/C28H38/c1-7-9-11-21-14-23-13-12-22(10-8-2)28(27(23)15-21)26-17-24(19(3)4)16-25(18-26)20(5)6/h12-13,15-20H,7-11,14H2,1-6H3. The van der Waals surface area contributed by atoms with Crippen LogP contribution in [0.25, 0.3) is 17.2 Å². The second kappa shape index (κ2) is 9.12. The van der Waals surface area contributed by atoms with Crippen LogP contribution in [0, 0.1) is 0 Å². The highest BCUT2D eigenvalue weighted by Crippen LogP contribution is 2.40. The molecule has 0 fully saturated rings. The molecule has 3 rings (SSSR count). The van der Waals surface area contributed by atoms with Crippen molar-refractivity contribution in [2.45, 2.75) is 91.9 Å². The maximum absolute atomic E-state index is 2.52. The van der Waals surface area contributed by atoms with E-state index >= 15 is 0 Å². The summed E-state index contributed by atoms with van der Waals surface area (Å²) in [6, 6.07) is 12.1. The van der Waals surface area contributed by atoms with Gasteiger partial charge in [0.15, 0.2) is 0 Å². The summed E-state index contributed by atoms with van der Waals surface area (Å²) in [5, 5.41) is 0. The van der Waals surface area contributed by atoms with Gasteiger partial charge >= 0.3 is 0 Å². The lowest BCUT2D eigenvalue weighted by atomic mass is 9.86. The van der Waals surface area contributed by atoms with Gasteiger partial charge in [-0.15, -0.1) is 0 Å². The molecule has 1 aliphatic carbocycles. The Bertz CT molecular complexity index is 822. The van der Waals surface area contributed by atoms with Gasteiger partial charge in [-0.05, 0) is 76.5 Å². The van der Waals surface area contributed by atoms with Crippen LogP contribution in [0.3, 0.4) is 0 Å². The topological polar surface area (TPSA) is 0 Å². The van der Waals surface area contributed by atoms with Gasteiger partial charge in [-0.2, -0.15) is 0 Å². The second-order valence-corrected chi connectivity index (χ2v) is 9.20. The largest absolute Gasteiger partial charge is 0.0654 e. The first-order valence-corrected chi connectivity index (χ1v) is 11.4. The molecule has 0 radical (unpaired) electrons. The molecule has 0 amide bonds. The zero-order valence-electron chi connectivity index (χ0n) is 18.9. The average Bonchev–Trinajstić information content (AvgIpc) is 3.08. The van der Waals surface area contributed by atoms with Gasteiger partial charge in [0.1, 0.15) is 0 Å². The van der Waals surface area contributed by atoms with Crippen LogP contribution < -0.4 is 0 Å². The summed E-state index contributed by atoms with van der Waals surface area (Å²) in [5.41, 5.74) is 12.1. The molecule has 1 aliphatic rings. The Balaban J connectivity index is 2.18. The molecular formula is C28H38. The van der Waals surface area contributed by atoms with Crippen molar-refractivity contribution in [1.29, 1.82) is 0 Å². The predicted molar refractivity (Wildman–Crippen MR) is 125 cm³/mol. The van der Waals surface area contributed by atoms with E-state index in [1.54, 1.807) is 5.57 Å². The van der Waals surface area contributed by atoms with Gasteiger partial charge in [0.25, 0.3) is 0 Å². The number of allylic oxidation sites excluding steroid dienone is 1. The van der Waals surface area contributed by atoms with E-state index in [2.05, 4.69) is 78.0 Å². The molecule has 0 saturated heterocycles. The summed E-state index contributed by atoms with van der Waals surface area (Å²) >= 11 is 0. The first kappa shape index (κ1) is 20.9. The van der Waals surface area contributed by atoms with E-state index in [9.17, 15) is 0 Å². The Morgan fingerprint density at radius 2 is 1.50 bits per heavy atom. The minimum atomic E-state index is 0.555. The van der Waals surface area contributed by atoms with Crippen LogP contribution in [0.1, 0.15) is 107 Å². The fraction of sp³-hybridized carbons (Fsp3) is 0.500. The number of hydrogen-bond donors (Lipinski definition) is 0. The van der Waals surface area contributed by atoms with Gasteiger partial charge < -0.3 is 0 Å². The average molecular weight is 375 g/mol. The van der Waals surface area contributed by atoms with E-state index < -0.39 is 0 Å². The molecule has 0 heterocycles. The molecule has 0 aromatic heterocycles. The van der Waals surface area contributed by atoms with Crippen LogP contribution in [-0.4, -0.2) is 0 Å². The molecule has 2 aromatic rings. The third-order valence-corrected chi connectivity index (χ3v) is 6.16. The van der Waals surface area contributed by atoms with Crippen LogP contribution in [0.2, 0.25) is 0 Å². The second-order valence-electron chi connectivity index (χ2n) is 9.20. The number of unbranched alkanes of at least 4 members (excludes halogenated alkanes) is 1. The van der Waals surface area contributed by atoms with Crippen LogP contribution in [0.5, 0.6) is 0 Å². The van der Waals surface area contributed by atoms with Crippen LogP contribution in [0.15, 0.2) is 35.9 Å². The molecule has 0 saturated carbocycles. The van der Waals surface area contributed by atoms with E-state index in [-0.39, 0.29) is 0 Å². The highest BCUT2D eigenvalue weighted by Gasteiger charge is 2.20. The Morgan fingerprint density at radius 3 is 2.07 bits per heavy atom. The van der Waals surface area contributed by atoms with E-state index in [0.717, 1.165) is 12.8 Å². The van der Waals surface area contributed by atoms with Gasteiger partial charge in [0, 0.05) is 0 Å². The predicted octanol–water partition coefficient (Wildman–Crippen LogP) is 8.68. The molecular weight excluding hydrogens is 336 g/mol. The van der Waals surface area contributed by atoms with Gasteiger partial charge in [0.2, 0.25) is 0 Å². The van der Waals surface area contributed by atoms with Crippen molar-refractivity contribution in [3.05, 3.63) is 63.7 Å². The zero-order valence-corrected chi connectivity index (χ0v) is 18.9. The monoisotopic (exact) mass is 374 g/mol. The molecule has 28 heavy (non-hydrogen) atoms. The summed E-state index contributed by atoms with van der Waals surface area (Å²) in [6.45, 7) is 13.8. The van der Waals surface area contributed by atoms with Crippen molar-refractivity contribution in [1.82, 2.24) is 0 Å². The van der Waals surface area contributed by atoms with Crippen molar-refractivity contribution < 1.29 is 0 Å². The number of aryl methyl sites for hydroxylation is 1. The number of benzene rings is 2. The molecule has 0 N–H and O–H groups in total. The van der Waals surface area contributed by atoms with Crippen LogP contribution in [0.4, 0.5) is 0 Å². The highest BCUT2D eigenvalue weighted by atomic mass is 14.2. The maximum Gasteiger partial charge on any atom is -0.00576 e. The summed E-state index contributed by atoms with van der Waals surface area (Å²) < 4.78 is 0. The Kier molecular flexibility index (Phi) is 6.81. The minimum Gasteiger partial charge on any atom is -0.0654 e. The van der Waals surface area contributed by atoms with Gasteiger partial charge in [-0.3, -0.25) is 0 Å². The number of fused-ring (bicyclic) bond motifs is 1. The lowest BCUT2D eigenvalue weighted by molar-refractivity contribution is 0.779.